The van der Waals surface area contributed by atoms with Gasteiger partial charge in [0.2, 0.25) is 0 Å². The molecule has 3 nitrogen and oxygen atoms in total. The fourth-order valence-electron chi connectivity index (χ4n) is 1.32. The topological polar surface area (TPSA) is 27.1 Å². The third kappa shape index (κ3) is 1.37. The van der Waals surface area contributed by atoms with Crippen LogP contribution in [-0.2, 0) is 17.4 Å². The van der Waals surface area contributed by atoms with Crippen molar-refractivity contribution in [2.75, 3.05) is 7.11 Å². The molecule has 0 aromatic carbocycles. The number of methoxy groups -OCH3 is 1. The molecule has 1 atom stereocenters. The first kappa shape index (κ1) is 9.26. The van der Waals surface area contributed by atoms with Crippen LogP contribution in [0.15, 0.2) is 12.3 Å². The zero-order chi connectivity index (χ0) is 9.19. The Labute approximate surface area is 73.3 Å². The Bertz CT molecular complexity index is 251. The summed E-state index contributed by atoms with van der Waals surface area (Å²) >= 11 is 0. The largest absolute Gasteiger partial charge is 0.372 e. The lowest BCUT2D eigenvalue weighted by atomic mass is 9.99. The van der Waals surface area contributed by atoms with Crippen LogP contribution in [0.25, 0.3) is 0 Å². The second-order valence-electron chi connectivity index (χ2n) is 3.13. The minimum Gasteiger partial charge on any atom is -0.372 e. The van der Waals surface area contributed by atoms with Crippen LogP contribution in [0, 0.1) is 0 Å². The highest BCUT2D eigenvalue weighted by atomic mass is 16.5. The first-order chi connectivity index (χ1) is 5.64. The van der Waals surface area contributed by atoms with Crippen LogP contribution in [-0.4, -0.2) is 16.9 Å². The van der Waals surface area contributed by atoms with Gasteiger partial charge in [0.1, 0.15) is 5.60 Å². The Morgan fingerprint density at radius 1 is 1.67 bits per heavy atom. The number of aromatic nitrogens is 2. The number of ether oxygens (including phenoxy) is 1. The molecular formula is C9H16N2O. The average Bonchev–Trinajstić information content (AvgIpc) is 2.51. The van der Waals surface area contributed by atoms with E-state index in [0.717, 1.165) is 12.1 Å². The van der Waals surface area contributed by atoms with Crippen LogP contribution in [0.4, 0.5) is 0 Å². The molecule has 1 aromatic heterocycles. The van der Waals surface area contributed by atoms with E-state index in [4.69, 9.17) is 4.74 Å². The lowest BCUT2D eigenvalue weighted by molar-refractivity contribution is -0.00806. The van der Waals surface area contributed by atoms with Crippen LogP contribution in [0.1, 0.15) is 26.0 Å². The molecule has 0 saturated carbocycles. The summed E-state index contributed by atoms with van der Waals surface area (Å²) in [6.45, 7) is 4.18. The highest BCUT2D eigenvalue weighted by molar-refractivity contribution is 5.10. The van der Waals surface area contributed by atoms with Gasteiger partial charge in [-0.2, -0.15) is 5.10 Å². The molecule has 0 fully saturated rings. The molecule has 1 unspecified atom stereocenters. The number of hydrogen-bond donors (Lipinski definition) is 0. The molecule has 68 valence electrons. The van der Waals surface area contributed by atoms with E-state index in [1.54, 1.807) is 13.3 Å². The molecule has 12 heavy (non-hydrogen) atoms. The van der Waals surface area contributed by atoms with Crippen LogP contribution in [0.2, 0.25) is 0 Å². The lowest BCUT2D eigenvalue weighted by Gasteiger charge is -2.26. The standard InChI is InChI=1S/C9H16N2O/c1-5-9(2,12-4)8-6-7-10-11(8)3/h6-7H,5H2,1-4H3. The molecule has 0 N–H and O–H groups in total. The van der Waals surface area contributed by atoms with Gasteiger partial charge in [0.25, 0.3) is 0 Å². The van der Waals surface area contributed by atoms with E-state index in [0.29, 0.717) is 0 Å². The van der Waals surface area contributed by atoms with Crippen molar-refractivity contribution in [3.05, 3.63) is 18.0 Å². The van der Waals surface area contributed by atoms with Crippen LogP contribution in [0.3, 0.4) is 0 Å². The zero-order valence-corrected chi connectivity index (χ0v) is 8.16. The number of hydrogen-bond acceptors (Lipinski definition) is 2. The summed E-state index contributed by atoms with van der Waals surface area (Å²) in [4.78, 5) is 0. The molecule has 0 aliphatic heterocycles. The predicted molar refractivity (Wildman–Crippen MR) is 47.9 cm³/mol. The molecule has 0 radical (unpaired) electrons. The molecule has 1 heterocycles. The summed E-state index contributed by atoms with van der Waals surface area (Å²) in [7, 11) is 3.67. The Morgan fingerprint density at radius 2 is 2.33 bits per heavy atom. The molecule has 1 rings (SSSR count). The molecule has 0 amide bonds. The first-order valence-electron chi connectivity index (χ1n) is 4.17. The van der Waals surface area contributed by atoms with E-state index in [9.17, 15) is 0 Å². The van der Waals surface area contributed by atoms with Crippen LogP contribution < -0.4 is 0 Å². The van der Waals surface area contributed by atoms with Gasteiger partial charge in [0.05, 0.1) is 5.69 Å². The molecule has 0 bridgehead atoms. The maximum absolute atomic E-state index is 5.45. The molecule has 0 spiro atoms. The Kier molecular flexibility index (Phi) is 2.52. The summed E-state index contributed by atoms with van der Waals surface area (Å²) in [5.41, 5.74) is 0.915. The van der Waals surface area contributed by atoms with Crippen molar-refractivity contribution in [1.82, 2.24) is 9.78 Å². The van der Waals surface area contributed by atoms with Gasteiger partial charge in [-0.3, -0.25) is 4.68 Å². The van der Waals surface area contributed by atoms with Crippen molar-refractivity contribution in [2.45, 2.75) is 25.9 Å². The Balaban J connectivity index is 3.02. The Morgan fingerprint density at radius 3 is 2.67 bits per heavy atom. The third-order valence-corrected chi connectivity index (χ3v) is 2.49. The quantitative estimate of drug-likeness (QED) is 0.686. The first-order valence-corrected chi connectivity index (χ1v) is 4.17. The fourth-order valence-corrected chi connectivity index (χ4v) is 1.32. The summed E-state index contributed by atoms with van der Waals surface area (Å²) in [6, 6.07) is 1.99. The van der Waals surface area contributed by atoms with Crippen molar-refractivity contribution in [3.63, 3.8) is 0 Å². The smallest absolute Gasteiger partial charge is 0.106 e. The summed E-state index contributed by atoms with van der Waals surface area (Å²) in [5.74, 6) is 0. The van der Waals surface area contributed by atoms with Crippen molar-refractivity contribution in [3.8, 4) is 0 Å². The third-order valence-electron chi connectivity index (χ3n) is 2.49. The molecule has 1 aromatic rings. The number of rotatable bonds is 3. The van der Waals surface area contributed by atoms with Gasteiger partial charge >= 0.3 is 0 Å². The second-order valence-corrected chi connectivity index (χ2v) is 3.13. The van der Waals surface area contributed by atoms with Gasteiger partial charge in [0, 0.05) is 20.4 Å². The van der Waals surface area contributed by atoms with E-state index in [2.05, 4.69) is 18.9 Å². The van der Waals surface area contributed by atoms with Gasteiger partial charge < -0.3 is 4.74 Å². The van der Waals surface area contributed by atoms with E-state index in [1.165, 1.54) is 0 Å². The van der Waals surface area contributed by atoms with Gasteiger partial charge in [0.15, 0.2) is 0 Å². The average molecular weight is 168 g/mol. The van der Waals surface area contributed by atoms with Gasteiger partial charge in [-0.1, -0.05) is 6.92 Å². The predicted octanol–water partition coefficient (Wildman–Crippen LogP) is 1.69. The van der Waals surface area contributed by atoms with Gasteiger partial charge in [-0.05, 0) is 19.4 Å². The van der Waals surface area contributed by atoms with E-state index >= 15 is 0 Å². The number of nitrogens with zero attached hydrogens (tertiary/aromatic N) is 2. The molecular weight excluding hydrogens is 152 g/mol. The van der Waals surface area contributed by atoms with Crippen LogP contribution in [0.5, 0.6) is 0 Å². The van der Waals surface area contributed by atoms with Gasteiger partial charge in [-0.25, -0.2) is 0 Å². The maximum Gasteiger partial charge on any atom is 0.106 e. The van der Waals surface area contributed by atoms with Crippen molar-refractivity contribution >= 4 is 0 Å². The summed E-state index contributed by atoms with van der Waals surface area (Å²) < 4.78 is 7.31. The van der Waals surface area contributed by atoms with E-state index in [-0.39, 0.29) is 5.60 Å². The fraction of sp³-hybridized carbons (Fsp3) is 0.667. The highest BCUT2D eigenvalue weighted by Gasteiger charge is 2.26. The Hall–Kier alpha value is -0.830. The summed E-state index contributed by atoms with van der Waals surface area (Å²) in [5, 5.41) is 4.12. The van der Waals surface area contributed by atoms with E-state index in [1.807, 2.05) is 17.8 Å². The molecule has 0 aliphatic carbocycles. The minimum atomic E-state index is -0.203. The molecule has 0 aliphatic rings. The molecule has 3 heteroatoms. The van der Waals surface area contributed by atoms with Crippen molar-refractivity contribution < 1.29 is 4.74 Å². The minimum absolute atomic E-state index is 0.203. The summed E-state index contributed by atoms with van der Waals surface area (Å²) in [6.07, 6.45) is 2.74. The van der Waals surface area contributed by atoms with Crippen molar-refractivity contribution in [2.24, 2.45) is 7.05 Å². The monoisotopic (exact) mass is 168 g/mol. The van der Waals surface area contributed by atoms with E-state index < -0.39 is 0 Å². The zero-order valence-electron chi connectivity index (χ0n) is 8.16. The SMILES string of the molecule is CCC(C)(OC)c1ccnn1C. The maximum atomic E-state index is 5.45. The van der Waals surface area contributed by atoms with Gasteiger partial charge in [-0.15, -0.1) is 0 Å². The van der Waals surface area contributed by atoms with Crippen molar-refractivity contribution in [1.29, 1.82) is 0 Å². The normalized spacial score (nSPS) is 16.0. The molecule has 0 saturated heterocycles. The highest BCUT2D eigenvalue weighted by Crippen LogP contribution is 2.26. The number of aryl methyl sites for hydroxylation is 1. The second kappa shape index (κ2) is 3.27. The van der Waals surface area contributed by atoms with Crippen LogP contribution >= 0.6 is 0 Å². The lowest BCUT2D eigenvalue weighted by Crippen LogP contribution is -2.26.